The molecule has 106 valence electrons. The lowest BCUT2D eigenvalue weighted by atomic mass is 10.2. The molecular weight excluding hydrogens is 308 g/mol. The first kappa shape index (κ1) is 14.0. The Morgan fingerprint density at radius 3 is 2.90 bits per heavy atom. The maximum atomic E-state index is 12.2. The second-order valence-electron chi connectivity index (χ2n) is 4.55. The van der Waals surface area contributed by atoms with Crippen molar-refractivity contribution in [2.75, 3.05) is 0 Å². The van der Waals surface area contributed by atoms with E-state index in [1.54, 1.807) is 24.4 Å². The summed E-state index contributed by atoms with van der Waals surface area (Å²) in [6.45, 7) is 1.90. The van der Waals surface area contributed by atoms with Crippen LogP contribution in [0, 0.1) is 6.92 Å². The van der Waals surface area contributed by atoms with Gasteiger partial charge in [0.05, 0.1) is 5.52 Å². The van der Waals surface area contributed by atoms with Crippen molar-refractivity contribution in [3.05, 3.63) is 57.5 Å². The number of benzene rings is 1. The van der Waals surface area contributed by atoms with Gasteiger partial charge in [0.25, 0.3) is 5.56 Å². The van der Waals surface area contributed by atoms with Crippen molar-refractivity contribution in [3.63, 3.8) is 0 Å². The first-order valence-electron chi connectivity index (χ1n) is 6.20. The van der Waals surface area contributed by atoms with Crippen LogP contribution in [0.3, 0.4) is 0 Å². The first-order valence-corrected chi connectivity index (χ1v) is 7.39. The summed E-state index contributed by atoms with van der Waals surface area (Å²) in [5.74, 6) is -0.0551. The molecule has 0 atom stereocenters. The van der Waals surface area contributed by atoms with Crippen LogP contribution >= 0.6 is 23.4 Å². The molecule has 0 unspecified atom stereocenters. The molecule has 1 aromatic carbocycles. The Kier molecular flexibility index (Phi) is 3.61. The number of H-pyrrole nitrogens is 1. The number of aromatic amines is 1. The number of aromatic hydroxyl groups is 1. The molecule has 0 aliphatic heterocycles. The van der Waals surface area contributed by atoms with E-state index in [1.807, 2.05) is 19.1 Å². The quantitative estimate of drug-likeness (QED) is 0.755. The standard InChI is InChI=1S/C15H11ClN2O2S/c1-8-3-2-6-17-15(8)21-13-12(19)10-5-4-9(16)7-11(10)18-14(13)20/h2-7H,1H3,(H2,18,19,20). The van der Waals surface area contributed by atoms with E-state index >= 15 is 0 Å². The Balaban J connectivity index is 2.17. The maximum Gasteiger partial charge on any atom is 0.266 e. The Hall–Kier alpha value is -1.98. The fourth-order valence-corrected chi connectivity index (χ4v) is 3.06. The van der Waals surface area contributed by atoms with Crippen molar-refractivity contribution in [1.29, 1.82) is 0 Å². The van der Waals surface area contributed by atoms with Gasteiger partial charge in [-0.3, -0.25) is 4.79 Å². The van der Waals surface area contributed by atoms with Gasteiger partial charge in [-0.25, -0.2) is 4.98 Å². The van der Waals surface area contributed by atoms with Crippen molar-refractivity contribution in [1.82, 2.24) is 9.97 Å². The number of rotatable bonds is 2. The summed E-state index contributed by atoms with van der Waals surface area (Å²) >= 11 is 7.04. The molecular formula is C15H11ClN2O2S. The average Bonchev–Trinajstić information content (AvgIpc) is 2.45. The second kappa shape index (κ2) is 5.42. The van der Waals surface area contributed by atoms with E-state index in [4.69, 9.17) is 11.6 Å². The molecule has 0 radical (unpaired) electrons. The lowest BCUT2D eigenvalue weighted by molar-refractivity contribution is 0.467. The fourth-order valence-electron chi connectivity index (χ4n) is 2.00. The van der Waals surface area contributed by atoms with Gasteiger partial charge in [0, 0.05) is 16.6 Å². The number of pyridine rings is 2. The molecule has 6 heteroatoms. The van der Waals surface area contributed by atoms with Crippen LogP contribution in [-0.4, -0.2) is 15.1 Å². The van der Waals surface area contributed by atoms with Crippen LogP contribution in [0.1, 0.15) is 5.56 Å². The van der Waals surface area contributed by atoms with E-state index in [0.29, 0.717) is 21.0 Å². The zero-order chi connectivity index (χ0) is 15.0. The van der Waals surface area contributed by atoms with Gasteiger partial charge in [0.15, 0.2) is 0 Å². The number of hydrogen-bond acceptors (Lipinski definition) is 4. The summed E-state index contributed by atoms with van der Waals surface area (Å²) in [6.07, 6.45) is 1.65. The maximum absolute atomic E-state index is 12.2. The third-order valence-electron chi connectivity index (χ3n) is 3.07. The topological polar surface area (TPSA) is 66.0 Å². The van der Waals surface area contributed by atoms with Crippen LogP contribution in [0.5, 0.6) is 5.75 Å². The molecule has 21 heavy (non-hydrogen) atoms. The summed E-state index contributed by atoms with van der Waals surface area (Å²) < 4.78 is 0. The number of hydrogen-bond donors (Lipinski definition) is 2. The molecule has 4 nitrogen and oxygen atoms in total. The van der Waals surface area contributed by atoms with Gasteiger partial charge in [-0.05, 0) is 36.8 Å². The van der Waals surface area contributed by atoms with Gasteiger partial charge in [-0.2, -0.15) is 0 Å². The Labute approximate surface area is 129 Å². The van der Waals surface area contributed by atoms with E-state index in [9.17, 15) is 9.90 Å². The summed E-state index contributed by atoms with van der Waals surface area (Å²) in [5.41, 5.74) is 1.09. The normalized spacial score (nSPS) is 11.0. The SMILES string of the molecule is Cc1cccnc1Sc1c(O)c2ccc(Cl)cc2[nH]c1=O. The third-order valence-corrected chi connectivity index (χ3v) is 4.51. The van der Waals surface area contributed by atoms with Crippen molar-refractivity contribution < 1.29 is 5.11 Å². The number of halogens is 1. The van der Waals surface area contributed by atoms with Crippen LogP contribution < -0.4 is 5.56 Å². The zero-order valence-electron chi connectivity index (χ0n) is 11.1. The zero-order valence-corrected chi connectivity index (χ0v) is 12.6. The summed E-state index contributed by atoms with van der Waals surface area (Å²) in [4.78, 5) is 19.4. The molecule has 0 saturated carbocycles. The van der Waals surface area contributed by atoms with Crippen LogP contribution in [0.4, 0.5) is 0 Å². The number of nitrogens with one attached hydrogen (secondary N) is 1. The average molecular weight is 319 g/mol. The van der Waals surface area contributed by atoms with E-state index in [0.717, 1.165) is 17.3 Å². The molecule has 3 aromatic rings. The van der Waals surface area contributed by atoms with Gasteiger partial charge in [0.1, 0.15) is 15.7 Å². The minimum atomic E-state index is -0.364. The summed E-state index contributed by atoms with van der Waals surface area (Å²) in [7, 11) is 0. The molecule has 2 aromatic heterocycles. The van der Waals surface area contributed by atoms with E-state index in [1.165, 1.54) is 0 Å². The van der Waals surface area contributed by atoms with Gasteiger partial charge in [-0.15, -0.1) is 0 Å². The van der Waals surface area contributed by atoms with Crippen molar-refractivity contribution in [3.8, 4) is 5.75 Å². The number of aromatic nitrogens is 2. The lowest BCUT2D eigenvalue weighted by Gasteiger charge is -2.08. The fraction of sp³-hybridized carbons (Fsp3) is 0.0667. The summed E-state index contributed by atoms with van der Waals surface area (Å²) in [6, 6.07) is 8.69. The Morgan fingerprint density at radius 1 is 1.33 bits per heavy atom. The highest BCUT2D eigenvalue weighted by molar-refractivity contribution is 7.99. The molecule has 3 rings (SSSR count). The highest BCUT2D eigenvalue weighted by atomic mass is 35.5. The van der Waals surface area contributed by atoms with Gasteiger partial charge in [-0.1, -0.05) is 29.4 Å². The molecule has 0 aliphatic rings. The minimum absolute atomic E-state index is 0.0551. The largest absolute Gasteiger partial charge is 0.506 e. The van der Waals surface area contributed by atoms with Crippen molar-refractivity contribution in [2.24, 2.45) is 0 Å². The minimum Gasteiger partial charge on any atom is -0.506 e. The molecule has 2 N–H and O–H groups in total. The monoisotopic (exact) mass is 318 g/mol. The predicted octanol–water partition coefficient (Wildman–Crippen LogP) is 3.74. The van der Waals surface area contributed by atoms with Gasteiger partial charge >= 0.3 is 0 Å². The Bertz CT molecular complexity index is 892. The summed E-state index contributed by atoms with van der Waals surface area (Å²) in [5, 5.41) is 12.1. The molecule has 0 saturated heterocycles. The van der Waals surface area contributed by atoms with Gasteiger partial charge < -0.3 is 10.1 Å². The highest BCUT2D eigenvalue weighted by Gasteiger charge is 2.15. The predicted molar refractivity (Wildman–Crippen MR) is 84.3 cm³/mol. The van der Waals surface area contributed by atoms with E-state index < -0.39 is 0 Å². The van der Waals surface area contributed by atoms with Crippen LogP contribution in [0.25, 0.3) is 10.9 Å². The van der Waals surface area contributed by atoms with Crippen LogP contribution in [0.2, 0.25) is 5.02 Å². The smallest absolute Gasteiger partial charge is 0.266 e. The van der Waals surface area contributed by atoms with Crippen molar-refractivity contribution >= 4 is 34.3 Å². The number of nitrogens with zero attached hydrogens (tertiary/aromatic N) is 1. The molecule has 0 spiro atoms. The first-order chi connectivity index (χ1) is 10.1. The van der Waals surface area contributed by atoms with Gasteiger partial charge in [0.2, 0.25) is 0 Å². The highest BCUT2D eigenvalue weighted by Crippen LogP contribution is 2.36. The lowest BCUT2D eigenvalue weighted by Crippen LogP contribution is -2.08. The van der Waals surface area contributed by atoms with E-state index in [-0.39, 0.29) is 16.2 Å². The molecule has 0 bridgehead atoms. The second-order valence-corrected chi connectivity index (χ2v) is 5.98. The van der Waals surface area contributed by atoms with Crippen LogP contribution in [0.15, 0.2) is 51.2 Å². The molecule has 0 aliphatic carbocycles. The third kappa shape index (κ3) is 2.62. The Morgan fingerprint density at radius 2 is 2.14 bits per heavy atom. The number of fused-ring (bicyclic) bond motifs is 1. The van der Waals surface area contributed by atoms with Crippen LogP contribution in [-0.2, 0) is 0 Å². The molecule has 0 amide bonds. The van der Waals surface area contributed by atoms with Crippen molar-refractivity contribution in [2.45, 2.75) is 16.8 Å². The van der Waals surface area contributed by atoms with E-state index in [2.05, 4.69) is 9.97 Å². The molecule has 0 fully saturated rings. The molecule has 2 heterocycles. The number of aryl methyl sites for hydroxylation is 1.